The van der Waals surface area contributed by atoms with Crippen LogP contribution in [0.3, 0.4) is 0 Å². The Morgan fingerprint density at radius 3 is 2.69 bits per heavy atom. The number of nitrogens with one attached hydrogen (secondary N) is 2. The fourth-order valence-electron chi connectivity index (χ4n) is 5.12. The molecule has 1 saturated heterocycles. The lowest BCUT2D eigenvalue weighted by atomic mass is 9.83. The molecule has 6 rings (SSSR count). The van der Waals surface area contributed by atoms with E-state index >= 15 is 0 Å². The van der Waals surface area contributed by atoms with Crippen LogP contribution < -0.4 is 5.32 Å². The molecule has 0 unspecified atom stereocenters. The van der Waals surface area contributed by atoms with E-state index in [1.165, 1.54) is 11.1 Å². The predicted molar refractivity (Wildman–Crippen MR) is 115 cm³/mol. The minimum absolute atomic E-state index is 0.215. The smallest absolute Gasteiger partial charge is 0.235 e. The van der Waals surface area contributed by atoms with E-state index in [2.05, 4.69) is 55.2 Å². The molecule has 4 heterocycles. The van der Waals surface area contributed by atoms with E-state index in [1.54, 1.807) is 0 Å². The number of aryl methyl sites for hydroxylation is 2. The van der Waals surface area contributed by atoms with Crippen LogP contribution in [-0.4, -0.2) is 21.4 Å². The summed E-state index contributed by atoms with van der Waals surface area (Å²) in [5, 5.41) is 4.64. The highest BCUT2D eigenvalue weighted by atomic mass is 79.9. The average Bonchev–Trinajstić information content (AvgIpc) is 3.36. The first-order valence-electron chi connectivity index (χ1n) is 9.83. The van der Waals surface area contributed by atoms with E-state index in [0.29, 0.717) is 0 Å². The van der Waals surface area contributed by atoms with Crippen LogP contribution in [0.25, 0.3) is 21.8 Å². The summed E-state index contributed by atoms with van der Waals surface area (Å²) >= 11 is 3.52. The van der Waals surface area contributed by atoms with Crippen molar-refractivity contribution in [2.24, 2.45) is 0 Å². The second-order valence-electron chi connectivity index (χ2n) is 7.94. The van der Waals surface area contributed by atoms with Crippen molar-refractivity contribution in [1.29, 1.82) is 0 Å². The van der Waals surface area contributed by atoms with Gasteiger partial charge in [-0.15, -0.1) is 0 Å². The number of carbonyl (C=O) groups excluding carboxylic acids is 2. The third kappa shape index (κ3) is 2.38. The molecule has 2 aromatic carbocycles. The van der Waals surface area contributed by atoms with Crippen molar-refractivity contribution >= 4 is 49.6 Å². The monoisotopic (exact) mass is 447 g/mol. The summed E-state index contributed by atoms with van der Waals surface area (Å²) in [6, 6.07) is 12.2. The quantitative estimate of drug-likeness (QED) is 0.448. The number of fused-ring (bicyclic) bond motifs is 1. The number of imide groups is 1. The molecule has 2 aromatic heterocycles. The number of hydrogen-bond acceptors (Lipinski definition) is 2. The maximum Gasteiger partial charge on any atom is 0.235 e. The highest BCUT2D eigenvalue weighted by molar-refractivity contribution is 9.10. The van der Waals surface area contributed by atoms with E-state index in [9.17, 15) is 9.59 Å². The molecule has 0 radical (unpaired) electrons. The third-order valence-corrected chi connectivity index (χ3v) is 6.84. The van der Waals surface area contributed by atoms with E-state index < -0.39 is 11.8 Å². The molecule has 4 aromatic rings. The molecule has 2 N–H and O–H groups in total. The fourth-order valence-corrected chi connectivity index (χ4v) is 5.49. The molecule has 2 aliphatic heterocycles. The Balaban J connectivity index is 1.58. The number of H-pyrrole nitrogens is 1. The number of aromatic nitrogens is 2. The van der Waals surface area contributed by atoms with Gasteiger partial charge in [0.1, 0.15) is 0 Å². The summed E-state index contributed by atoms with van der Waals surface area (Å²) < 4.78 is 3.20. The molecular weight excluding hydrogens is 430 g/mol. The Kier molecular flexibility index (Phi) is 3.56. The third-order valence-electron chi connectivity index (χ3n) is 6.35. The molecule has 0 aliphatic carbocycles. The van der Waals surface area contributed by atoms with Crippen molar-refractivity contribution in [2.75, 3.05) is 0 Å². The molecule has 144 valence electrons. The summed E-state index contributed by atoms with van der Waals surface area (Å²) in [5.74, 6) is -1.52. The molecule has 29 heavy (non-hydrogen) atoms. The Hall–Kier alpha value is -2.86. The number of rotatable bonds is 2. The lowest BCUT2D eigenvalue weighted by molar-refractivity contribution is -0.125. The molecule has 2 amide bonds. The lowest BCUT2D eigenvalue weighted by Crippen LogP contribution is -2.21. The van der Waals surface area contributed by atoms with Gasteiger partial charge >= 0.3 is 0 Å². The molecule has 2 aliphatic rings. The molecule has 0 bridgehead atoms. The van der Waals surface area contributed by atoms with Crippen molar-refractivity contribution in [3.8, 4) is 0 Å². The van der Waals surface area contributed by atoms with E-state index in [-0.39, 0.29) is 11.8 Å². The number of para-hydroxylation sites is 1. The molecule has 1 fully saturated rings. The standard InChI is InChI=1S/C23H18BrN3O2/c24-13-6-7-18-15(9-13)16(10-25-18)19-20(23(29)26-22(19)28)17-11-27-8-2-4-12-3-1-5-14(17)21(12)27/h1,3,5-7,9-11,19-20,25H,2,4,8H2,(H,26,28,29)/t19-,20-/m0/s1. The Morgan fingerprint density at radius 2 is 1.83 bits per heavy atom. The zero-order valence-corrected chi connectivity index (χ0v) is 17.1. The van der Waals surface area contributed by atoms with Gasteiger partial charge in [0.2, 0.25) is 11.8 Å². The van der Waals surface area contributed by atoms with Gasteiger partial charge in [-0.3, -0.25) is 14.9 Å². The van der Waals surface area contributed by atoms with Gasteiger partial charge in [-0.1, -0.05) is 34.1 Å². The van der Waals surface area contributed by atoms with Crippen molar-refractivity contribution in [2.45, 2.75) is 31.2 Å². The number of aromatic amines is 1. The van der Waals surface area contributed by atoms with Crippen LogP contribution in [0, 0.1) is 0 Å². The van der Waals surface area contributed by atoms with Crippen molar-refractivity contribution < 1.29 is 9.59 Å². The highest BCUT2D eigenvalue weighted by Gasteiger charge is 2.45. The number of hydrogen-bond donors (Lipinski definition) is 2. The highest BCUT2D eigenvalue weighted by Crippen LogP contribution is 2.44. The summed E-state index contributed by atoms with van der Waals surface area (Å²) in [5.41, 5.74) is 5.29. The average molecular weight is 448 g/mol. The number of benzene rings is 2. The number of carbonyl (C=O) groups is 2. The van der Waals surface area contributed by atoms with Gasteiger partial charge < -0.3 is 9.55 Å². The zero-order valence-electron chi connectivity index (χ0n) is 15.5. The molecular formula is C23H18BrN3O2. The lowest BCUT2D eigenvalue weighted by Gasteiger charge is -2.15. The second-order valence-corrected chi connectivity index (χ2v) is 8.85. The van der Waals surface area contributed by atoms with Gasteiger partial charge in [-0.25, -0.2) is 0 Å². The van der Waals surface area contributed by atoms with Crippen LogP contribution in [0.15, 0.2) is 53.3 Å². The van der Waals surface area contributed by atoms with E-state index in [1.807, 2.05) is 24.4 Å². The van der Waals surface area contributed by atoms with Crippen molar-refractivity contribution in [1.82, 2.24) is 14.9 Å². The van der Waals surface area contributed by atoms with Crippen LogP contribution in [0.5, 0.6) is 0 Å². The summed E-state index contributed by atoms with van der Waals surface area (Å²) in [7, 11) is 0. The summed E-state index contributed by atoms with van der Waals surface area (Å²) in [6.07, 6.45) is 6.11. The first-order valence-corrected chi connectivity index (χ1v) is 10.6. The SMILES string of the molecule is O=C1NC(=O)[C@@H](c2cn3c4c(cccc24)CCC3)[C@@H]1c1c[nH]c2ccc(Br)cc12. The van der Waals surface area contributed by atoms with E-state index in [0.717, 1.165) is 51.3 Å². The molecule has 2 atom stereocenters. The first-order chi connectivity index (χ1) is 14.1. The second kappa shape index (κ2) is 6.07. The molecule has 5 nitrogen and oxygen atoms in total. The summed E-state index contributed by atoms with van der Waals surface area (Å²) in [4.78, 5) is 29.2. The van der Waals surface area contributed by atoms with Gasteiger partial charge in [-0.05, 0) is 47.7 Å². The molecule has 0 saturated carbocycles. The number of halogens is 1. The van der Waals surface area contributed by atoms with Crippen LogP contribution in [0.4, 0.5) is 0 Å². The Bertz CT molecular complexity index is 1330. The van der Waals surface area contributed by atoms with Crippen molar-refractivity contribution in [3.63, 3.8) is 0 Å². The Labute approximate surface area is 175 Å². The number of amides is 2. The molecule has 6 heteroatoms. The summed E-state index contributed by atoms with van der Waals surface area (Å²) in [6.45, 7) is 0.945. The van der Waals surface area contributed by atoms with Gasteiger partial charge in [0.15, 0.2) is 0 Å². The maximum atomic E-state index is 13.0. The van der Waals surface area contributed by atoms with Crippen molar-refractivity contribution in [3.05, 3.63) is 70.0 Å². The normalized spacial score (nSPS) is 21.3. The van der Waals surface area contributed by atoms with Gasteiger partial charge in [0.05, 0.1) is 17.4 Å². The predicted octanol–water partition coefficient (Wildman–Crippen LogP) is 4.36. The number of nitrogens with zero attached hydrogens (tertiary/aromatic N) is 1. The molecule has 0 spiro atoms. The van der Waals surface area contributed by atoms with E-state index in [4.69, 9.17) is 0 Å². The minimum Gasteiger partial charge on any atom is -0.361 e. The zero-order chi connectivity index (χ0) is 19.7. The fraction of sp³-hybridized carbons (Fsp3) is 0.217. The largest absolute Gasteiger partial charge is 0.361 e. The Morgan fingerprint density at radius 1 is 1.00 bits per heavy atom. The van der Waals surface area contributed by atoms with Crippen LogP contribution in [-0.2, 0) is 22.6 Å². The first kappa shape index (κ1) is 17.0. The maximum absolute atomic E-state index is 13.0. The van der Waals surface area contributed by atoms with Crippen LogP contribution >= 0.6 is 15.9 Å². The van der Waals surface area contributed by atoms with Crippen LogP contribution in [0.1, 0.15) is 34.9 Å². The van der Waals surface area contributed by atoms with Gasteiger partial charge in [0.25, 0.3) is 0 Å². The van der Waals surface area contributed by atoms with Gasteiger partial charge in [-0.2, -0.15) is 0 Å². The van der Waals surface area contributed by atoms with Gasteiger partial charge in [0, 0.05) is 39.7 Å². The topological polar surface area (TPSA) is 66.9 Å². The van der Waals surface area contributed by atoms with Crippen LogP contribution in [0.2, 0.25) is 0 Å². The minimum atomic E-state index is -0.547.